The molecule has 0 unspecified atom stereocenters. The van der Waals surface area contributed by atoms with E-state index in [1.807, 2.05) is 0 Å². The molecule has 0 spiro atoms. The number of anilines is 1. The van der Waals surface area contributed by atoms with Gasteiger partial charge in [0.05, 0.1) is 10.8 Å². The van der Waals surface area contributed by atoms with Gasteiger partial charge in [-0.1, -0.05) is 23.7 Å². The van der Waals surface area contributed by atoms with Crippen LogP contribution in [0.2, 0.25) is 5.02 Å². The van der Waals surface area contributed by atoms with Crippen molar-refractivity contribution in [3.8, 4) is 0 Å². The second-order valence-corrected chi connectivity index (χ2v) is 5.84. The fourth-order valence-corrected chi connectivity index (χ4v) is 3.56. The molecule has 0 amide bonds. The summed E-state index contributed by atoms with van der Waals surface area (Å²) in [5.74, 6) is 0.368. The molecule has 3 rings (SSSR count). The van der Waals surface area contributed by atoms with Crippen molar-refractivity contribution >= 4 is 29.1 Å². The SMILES string of the molecule is Nc1cc2n(c(=O)c1)[C@](O)(c1ccc(Cl)cc1)CS2. The van der Waals surface area contributed by atoms with E-state index in [1.165, 1.54) is 22.4 Å². The number of nitrogen functional groups attached to an aromatic ring is 1. The van der Waals surface area contributed by atoms with Crippen molar-refractivity contribution < 1.29 is 5.11 Å². The minimum atomic E-state index is -1.35. The predicted octanol–water partition coefficient (Wildman–Crippen LogP) is 1.88. The Labute approximate surface area is 118 Å². The van der Waals surface area contributed by atoms with Crippen LogP contribution in [0.3, 0.4) is 0 Å². The number of hydrogen-bond acceptors (Lipinski definition) is 4. The first-order chi connectivity index (χ1) is 9.00. The van der Waals surface area contributed by atoms with E-state index in [1.54, 1.807) is 30.3 Å². The van der Waals surface area contributed by atoms with Gasteiger partial charge < -0.3 is 10.8 Å². The van der Waals surface area contributed by atoms with E-state index in [0.29, 0.717) is 27.1 Å². The highest BCUT2D eigenvalue weighted by Gasteiger charge is 2.39. The molecule has 0 saturated heterocycles. The molecule has 0 fully saturated rings. The van der Waals surface area contributed by atoms with E-state index in [-0.39, 0.29) is 5.56 Å². The molecule has 1 aromatic carbocycles. The van der Waals surface area contributed by atoms with Gasteiger partial charge in [-0.05, 0) is 18.2 Å². The van der Waals surface area contributed by atoms with Gasteiger partial charge in [0, 0.05) is 22.3 Å². The molecule has 98 valence electrons. The summed E-state index contributed by atoms with van der Waals surface area (Å²) in [6.45, 7) is 0. The molecule has 0 radical (unpaired) electrons. The van der Waals surface area contributed by atoms with Gasteiger partial charge in [0.2, 0.25) is 0 Å². The lowest BCUT2D eigenvalue weighted by atomic mass is 10.0. The summed E-state index contributed by atoms with van der Waals surface area (Å²) in [6, 6.07) is 9.84. The van der Waals surface area contributed by atoms with Gasteiger partial charge in [0.15, 0.2) is 5.72 Å². The third-order valence-electron chi connectivity index (χ3n) is 3.12. The van der Waals surface area contributed by atoms with Crippen LogP contribution in [0.15, 0.2) is 46.2 Å². The number of aliphatic hydroxyl groups is 1. The zero-order valence-electron chi connectivity index (χ0n) is 9.84. The number of fused-ring (bicyclic) bond motifs is 1. The van der Waals surface area contributed by atoms with Gasteiger partial charge >= 0.3 is 0 Å². The molecule has 0 aliphatic carbocycles. The largest absolute Gasteiger partial charge is 0.398 e. The van der Waals surface area contributed by atoms with Crippen LogP contribution in [-0.2, 0) is 5.72 Å². The molecule has 4 nitrogen and oxygen atoms in total. The summed E-state index contributed by atoms with van der Waals surface area (Å²) >= 11 is 7.25. The summed E-state index contributed by atoms with van der Waals surface area (Å²) in [7, 11) is 0. The molecular formula is C13H11ClN2O2S. The molecular weight excluding hydrogens is 284 g/mol. The number of aromatic nitrogens is 1. The Kier molecular flexibility index (Phi) is 2.85. The minimum Gasteiger partial charge on any atom is -0.398 e. The predicted molar refractivity (Wildman–Crippen MR) is 76.6 cm³/mol. The highest BCUT2D eigenvalue weighted by atomic mass is 35.5. The van der Waals surface area contributed by atoms with Crippen molar-refractivity contribution in [3.63, 3.8) is 0 Å². The third-order valence-corrected chi connectivity index (χ3v) is 4.51. The topological polar surface area (TPSA) is 68.2 Å². The number of halogens is 1. The van der Waals surface area contributed by atoms with Crippen LogP contribution in [-0.4, -0.2) is 15.4 Å². The van der Waals surface area contributed by atoms with Crippen molar-refractivity contribution in [1.29, 1.82) is 0 Å². The molecule has 6 heteroatoms. The normalized spacial score (nSPS) is 21.4. The molecule has 1 atom stereocenters. The number of benzene rings is 1. The van der Waals surface area contributed by atoms with E-state index >= 15 is 0 Å². The summed E-state index contributed by atoms with van der Waals surface area (Å²) in [5.41, 5.74) is 5.03. The smallest absolute Gasteiger partial charge is 0.256 e. The van der Waals surface area contributed by atoms with Crippen LogP contribution in [0.1, 0.15) is 5.56 Å². The third kappa shape index (κ3) is 1.94. The monoisotopic (exact) mass is 294 g/mol. The maximum atomic E-state index is 12.1. The Bertz CT molecular complexity index is 699. The molecule has 2 heterocycles. The standard InChI is InChI=1S/C13H11ClN2O2S/c14-9-3-1-8(2-4-9)13(18)7-19-12-6-10(15)5-11(17)16(12)13/h1-6,18H,7,15H2/t13-/m1/s1. The first-order valence-electron chi connectivity index (χ1n) is 5.65. The van der Waals surface area contributed by atoms with Gasteiger partial charge in [-0.3, -0.25) is 9.36 Å². The molecule has 0 saturated carbocycles. The average Bonchev–Trinajstić information content (AvgIpc) is 2.69. The zero-order chi connectivity index (χ0) is 13.6. The first kappa shape index (κ1) is 12.6. The van der Waals surface area contributed by atoms with E-state index in [9.17, 15) is 9.90 Å². The van der Waals surface area contributed by atoms with Crippen LogP contribution < -0.4 is 11.3 Å². The molecule has 0 bridgehead atoms. The number of nitrogens with two attached hydrogens (primary N) is 1. The maximum Gasteiger partial charge on any atom is 0.256 e. The highest BCUT2D eigenvalue weighted by Crippen LogP contribution is 2.39. The molecule has 1 aromatic heterocycles. The second kappa shape index (κ2) is 4.30. The van der Waals surface area contributed by atoms with E-state index in [0.717, 1.165) is 0 Å². The van der Waals surface area contributed by atoms with Crippen LogP contribution in [0.25, 0.3) is 0 Å². The quantitative estimate of drug-likeness (QED) is 0.843. The average molecular weight is 295 g/mol. The molecule has 1 aliphatic heterocycles. The molecule has 2 aromatic rings. The summed E-state index contributed by atoms with van der Waals surface area (Å²) in [5, 5.41) is 12.1. The van der Waals surface area contributed by atoms with Crippen LogP contribution in [0, 0.1) is 0 Å². The van der Waals surface area contributed by atoms with Gasteiger partial charge in [0.1, 0.15) is 0 Å². The van der Waals surface area contributed by atoms with Crippen LogP contribution in [0.4, 0.5) is 5.69 Å². The van der Waals surface area contributed by atoms with Gasteiger partial charge in [-0.2, -0.15) is 0 Å². The number of nitrogens with zero attached hydrogens (tertiary/aromatic N) is 1. The van der Waals surface area contributed by atoms with Gasteiger partial charge in [0.25, 0.3) is 5.56 Å². The van der Waals surface area contributed by atoms with Crippen LogP contribution >= 0.6 is 23.4 Å². The fraction of sp³-hybridized carbons (Fsp3) is 0.154. The Morgan fingerprint density at radius 1 is 1.32 bits per heavy atom. The van der Waals surface area contributed by atoms with Crippen molar-refractivity contribution in [2.75, 3.05) is 11.5 Å². The zero-order valence-corrected chi connectivity index (χ0v) is 11.4. The fourth-order valence-electron chi connectivity index (χ4n) is 2.20. The van der Waals surface area contributed by atoms with Crippen molar-refractivity contribution in [1.82, 2.24) is 4.57 Å². The number of thioether (sulfide) groups is 1. The van der Waals surface area contributed by atoms with E-state index < -0.39 is 5.72 Å². The van der Waals surface area contributed by atoms with Crippen molar-refractivity contribution in [2.24, 2.45) is 0 Å². The lowest BCUT2D eigenvalue weighted by Crippen LogP contribution is -2.41. The highest BCUT2D eigenvalue weighted by molar-refractivity contribution is 7.99. The van der Waals surface area contributed by atoms with E-state index in [4.69, 9.17) is 17.3 Å². The summed E-state index contributed by atoms with van der Waals surface area (Å²) in [4.78, 5) is 12.1. The minimum absolute atomic E-state index is 0.308. The van der Waals surface area contributed by atoms with Crippen molar-refractivity contribution in [3.05, 3.63) is 57.3 Å². The lowest BCUT2D eigenvalue weighted by Gasteiger charge is -2.25. The second-order valence-electron chi connectivity index (χ2n) is 4.41. The number of hydrogen-bond donors (Lipinski definition) is 2. The Balaban J connectivity index is 2.20. The Morgan fingerprint density at radius 2 is 2.00 bits per heavy atom. The number of pyridine rings is 1. The summed E-state index contributed by atoms with van der Waals surface area (Å²) in [6.07, 6.45) is 0. The number of rotatable bonds is 1. The Hall–Kier alpha value is -1.43. The summed E-state index contributed by atoms with van der Waals surface area (Å²) < 4.78 is 1.37. The maximum absolute atomic E-state index is 12.1. The van der Waals surface area contributed by atoms with Crippen LogP contribution in [0.5, 0.6) is 0 Å². The van der Waals surface area contributed by atoms with Crippen molar-refractivity contribution in [2.45, 2.75) is 10.8 Å². The first-order valence-corrected chi connectivity index (χ1v) is 7.01. The van der Waals surface area contributed by atoms with Gasteiger partial charge in [-0.15, -0.1) is 11.8 Å². The lowest BCUT2D eigenvalue weighted by molar-refractivity contribution is 0.0254. The molecule has 19 heavy (non-hydrogen) atoms. The van der Waals surface area contributed by atoms with Gasteiger partial charge in [-0.25, -0.2) is 0 Å². The Morgan fingerprint density at radius 3 is 2.68 bits per heavy atom. The van der Waals surface area contributed by atoms with E-state index in [2.05, 4.69) is 0 Å². The molecule has 1 aliphatic rings. The molecule has 3 N–H and O–H groups in total.